The van der Waals surface area contributed by atoms with Crippen molar-refractivity contribution in [2.75, 3.05) is 9.80 Å². The van der Waals surface area contributed by atoms with Gasteiger partial charge < -0.3 is 10.2 Å². The van der Waals surface area contributed by atoms with E-state index in [4.69, 9.17) is 15.0 Å². The van der Waals surface area contributed by atoms with Crippen molar-refractivity contribution in [2.45, 2.75) is 39.4 Å². The Balaban J connectivity index is 1.32. The molecule has 6 aromatic carbocycles. The van der Waals surface area contributed by atoms with Gasteiger partial charge in [0, 0.05) is 45.5 Å². The van der Waals surface area contributed by atoms with E-state index < -0.39 is 5.41 Å². The minimum absolute atomic E-state index is 0.319. The molecular weight excluding hydrogens is 673 g/mol. The van der Waals surface area contributed by atoms with Crippen molar-refractivity contribution in [1.82, 2.24) is 15.3 Å². The average molecular weight is 715 g/mol. The van der Waals surface area contributed by atoms with Gasteiger partial charge in [0.2, 0.25) is 12.2 Å². The monoisotopic (exact) mass is 714 g/mol. The summed E-state index contributed by atoms with van der Waals surface area (Å²) in [4.78, 5) is 19.6. The summed E-state index contributed by atoms with van der Waals surface area (Å²) < 4.78 is 0. The van der Waals surface area contributed by atoms with E-state index in [2.05, 4.69) is 187 Å². The van der Waals surface area contributed by atoms with E-state index in [1.54, 1.807) is 0 Å². The third kappa shape index (κ3) is 5.96. The van der Waals surface area contributed by atoms with Crippen LogP contribution in [0.5, 0.6) is 0 Å². The van der Waals surface area contributed by atoms with Gasteiger partial charge in [0.1, 0.15) is 0 Å². The highest BCUT2D eigenvalue weighted by molar-refractivity contribution is 5.95. The largest absolute Gasteiger partial charge is 0.350 e. The molecule has 0 fully saturated rings. The van der Waals surface area contributed by atoms with Gasteiger partial charge in [-0.2, -0.15) is 0 Å². The second-order valence-electron chi connectivity index (χ2n) is 14.4. The van der Waals surface area contributed by atoms with Crippen LogP contribution in [-0.4, -0.2) is 22.0 Å². The molecule has 0 saturated carbocycles. The number of aliphatic imine (C=N–C) groups is 1. The van der Waals surface area contributed by atoms with Gasteiger partial charge in [0.25, 0.3) is 0 Å². The second kappa shape index (κ2) is 13.9. The van der Waals surface area contributed by atoms with Crippen LogP contribution in [0.3, 0.4) is 0 Å². The van der Waals surface area contributed by atoms with Crippen molar-refractivity contribution >= 4 is 34.4 Å². The topological polar surface area (TPSA) is 56.7 Å². The van der Waals surface area contributed by atoms with E-state index in [-0.39, 0.29) is 6.29 Å². The minimum atomic E-state index is -0.650. The van der Waals surface area contributed by atoms with E-state index in [0.29, 0.717) is 5.95 Å². The fourth-order valence-electron chi connectivity index (χ4n) is 8.48. The molecular formula is C49H42N6. The van der Waals surface area contributed by atoms with Crippen LogP contribution in [-0.2, 0) is 5.41 Å². The molecule has 6 nitrogen and oxygen atoms in total. The van der Waals surface area contributed by atoms with Crippen molar-refractivity contribution < 1.29 is 0 Å². The van der Waals surface area contributed by atoms with Crippen molar-refractivity contribution in [2.24, 2.45) is 4.99 Å². The molecule has 7 aromatic rings. The maximum Gasteiger partial charge on any atom is 0.235 e. The van der Waals surface area contributed by atoms with E-state index in [1.807, 2.05) is 26.0 Å². The zero-order chi connectivity index (χ0) is 37.5. The highest BCUT2D eigenvalue weighted by Crippen LogP contribution is 2.58. The summed E-state index contributed by atoms with van der Waals surface area (Å²) in [5, 5.41) is 3.65. The molecule has 1 N–H and O–H groups in total. The summed E-state index contributed by atoms with van der Waals surface area (Å²) in [5.41, 5.74) is 14.6. The number of allylic oxidation sites excluding steroid dienone is 2. The smallest absolute Gasteiger partial charge is 0.235 e. The summed E-state index contributed by atoms with van der Waals surface area (Å²) in [6.07, 6.45) is 1.77. The molecule has 0 bridgehead atoms. The molecule has 268 valence electrons. The summed E-state index contributed by atoms with van der Waals surface area (Å²) in [5.74, 6) is 0.644. The number of benzene rings is 6. The molecule has 6 heteroatoms. The van der Waals surface area contributed by atoms with Gasteiger partial charge in [-0.25, -0.2) is 15.0 Å². The predicted molar refractivity (Wildman–Crippen MR) is 226 cm³/mol. The lowest BCUT2D eigenvalue weighted by atomic mass is 9.67. The Morgan fingerprint density at radius 3 is 1.55 bits per heavy atom. The van der Waals surface area contributed by atoms with Crippen LogP contribution in [0, 0.1) is 13.8 Å². The van der Waals surface area contributed by atoms with Crippen LogP contribution in [0.2, 0.25) is 0 Å². The predicted octanol–water partition coefficient (Wildman–Crippen LogP) is 11.3. The minimum Gasteiger partial charge on any atom is -0.350 e. The van der Waals surface area contributed by atoms with Crippen molar-refractivity contribution in [1.29, 1.82) is 0 Å². The maximum atomic E-state index is 5.11. The Bertz CT molecular complexity index is 2500. The van der Waals surface area contributed by atoms with Gasteiger partial charge >= 0.3 is 0 Å². The normalized spacial score (nSPS) is 15.2. The Morgan fingerprint density at radius 1 is 0.509 bits per heavy atom. The molecule has 55 heavy (non-hydrogen) atoms. The molecule has 0 amide bonds. The molecule has 2 aliphatic rings. The number of hydrogen-bond donors (Lipinski definition) is 1. The van der Waals surface area contributed by atoms with E-state index in [1.165, 1.54) is 33.4 Å². The number of nitrogens with one attached hydrogen (secondary N) is 1. The lowest BCUT2D eigenvalue weighted by molar-refractivity contribution is 0.590. The van der Waals surface area contributed by atoms with Crippen molar-refractivity contribution in [3.8, 4) is 11.1 Å². The van der Waals surface area contributed by atoms with Crippen molar-refractivity contribution in [3.05, 3.63) is 209 Å². The number of aryl methyl sites for hydroxylation is 2. The summed E-state index contributed by atoms with van der Waals surface area (Å²) in [6, 6.07) is 58.7. The highest BCUT2D eigenvalue weighted by Gasteiger charge is 2.47. The Kier molecular flexibility index (Phi) is 8.58. The molecule has 1 unspecified atom stereocenters. The van der Waals surface area contributed by atoms with Gasteiger partial charge in [-0.15, -0.1) is 0 Å². The Labute approximate surface area is 323 Å². The first-order chi connectivity index (χ1) is 26.9. The molecule has 0 spiro atoms. The van der Waals surface area contributed by atoms with E-state index in [9.17, 15) is 0 Å². The summed E-state index contributed by atoms with van der Waals surface area (Å²) >= 11 is 0. The average Bonchev–Trinajstić information content (AvgIpc) is 3.49. The standard InChI is InChI=1S/C49H42N6/c1-33-29-34(2)51-47(50-33)54(39-21-13-7-14-22-39)41-25-27-43-44-28-26-42(55(40-23-15-8-16-24-40)48-52-35(3)30-36(4)53-48)32-46(44)49(45(43)31-41,37-17-9-5-10-18-37)38-19-11-6-12-20-38/h5-32,47,50H,1-4H3. The number of rotatable bonds is 8. The van der Waals surface area contributed by atoms with Crippen molar-refractivity contribution in [3.63, 3.8) is 0 Å². The van der Waals surface area contributed by atoms with Crippen LogP contribution in [0.25, 0.3) is 11.1 Å². The number of nitrogens with zero attached hydrogens (tertiary/aromatic N) is 5. The third-order valence-electron chi connectivity index (χ3n) is 10.6. The molecule has 9 rings (SSSR count). The number of fused-ring (bicyclic) bond motifs is 3. The van der Waals surface area contributed by atoms with Gasteiger partial charge in [0.05, 0.1) is 5.41 Å². The maximum absolute atomic E-state index is 5.11. The summed E-state index contributed by atoms with van der Waals surface area (Å²) in [6.45, 7) is 8.22. The van der Waals surface area contributed by atoms with Crippen LogP contribution in [0.4, 0.5) is 28.7 Å². The molecule has 1 aromatic heterocycles. The Morgan fingerprint density at radius 2 is 1.00 bits per heavy atom. The molecule has 0 saturated heterocycles. The number of anilines is 5. The summed E-state index contributed by atoms with van der Waals surface area (Å²) in [7, 11) is 0. The first-order valence-corrected chi connectivity index (χ1v) is 18.8. The molecule has 1 aliphatic heterocycles. The van der Waals surface area contributed by atoms with Crippen LogP contribution < -0.4 is 15.1 Å². The van der Waals surface area contributed by atoms with Crippen LogP contribution >= 0.6 is 0 Å². The van der Waals surface area contributed by atoms with Crippen LogP contribution in [0.1, 0.15) is 47.5 Å². The zero-order valence-electron chi connectivity index (χ0n) is 31.5. The highest BCUT2D eigenvalue weighted by atomic mass is 15.4. The van der Waals surface area contributed by atoms with E-state index in [0.717, 1.165) is 45.5 Å². The lowest BCUT2D eigenvalue weighted by Crippen LogP contribution is -2.43. The Hall–Kier alpha value is -6.79. The number of para-hydroxylation sites is 2. The molecule has 1 aliphatic carbocycles. The first-order valence-electron chi connectivity index (χ1n) is 18.8. The molecule has 1 atom stereocenters. The fourth-order valence-corrected chi connectivity index (χ4v) is 8.48. The SMILES string of the molecule is CC1=CC(C)=NC(N(c2ccccc2)c2ccc3c(c2)C(c2ccccc2)(c2ccccc2)c2cc(N(c4ccccc4)c4nc(C)cc(C)n4)ccc2-3)N1. The second-order valence-corrected chi connectivity index (χ2v) is 14.4. The fraction of sp³-hybridized carbons (Fsp3) is 0.122. The quantitative estimate of drug-likeness (QED) is 0.170. The number of hydrogen-bond acceptors (Lipinski definition) is 6. The first kappa shape index (κ1) is 34.0. The third-order valence-corrected chi connectivity index (χ3v) is 10.6. The molecule has 0 radical (unpaired) electrons. The van der Waals surface area contributed by atoms with Crippen LogP contribution in [0.15, 0.2) is 181 Å². The number of aromatic nitrogens is 2. The van der Waals surface area contributed by atoms with Gasteiger partial charge in [-0.05, 0) is 122 Å². The van der Waals surface area contributed by atoms with E-state index >= 15 is 0 Å². The van der Waals surface area contributed by atoms with Gasteiger partial charge in [0.15, 0.2) is 0 Å². The zero-order valence-corrected chi connectivity index (χ0v) is 31.5. The van der Waals surface area contributed by atoms with Gasteiger partial charge in [-0.1, -0.05) is 109 Å². The van der Waals surface area contributed by atoms with Gasteiger partial charge in [-0.3, -0.25) is 4.90 Å². The molecule has 2 heterocycles. The lowest BCUT2D eigenvalue weighted by Gasteiger charge is -2.37.